The molecule has 2 amide bonds. The van der Waals surface area contributed by atoms with Gasteiger partial charge in [-0.2, -0.15) is 0 Å². The Kier molecular flexibility index (Phi) is 3.64. The van der Waals surface area contributed by atoms with Crippen molar-refractivity contribution in [2.24, 2.45) is 0 Å². The van der Waals surface area contributed by atoms with Gasteiger partial charge in [0.2, 0.25) is 0 Å². The molecule has 0 spiro atoms. The third-order valence-electron chi connectivity index (χ3n) is 2.32. The van der Waals surface area contributed by atoms with Crippen LogP contribution in [0, 0.1) is 0 Å². The summed E-state index contributed by atoms with van der Waals surface area (Å²) in [6.45, 7) is 3.42. The minimum atomic E-state index is -0.678. The van der Waals surface area contributed by atoms with Gasteiger partial charge in [0.25, 0.3) is 11.8 Å². The van der Waals surface area contributed by atoms with Crippen molar-refractivity contribution in [2.45, 2.75) is 38.7 Å². The number of carbonyl (C=O) groups excluding carboxylic acids is 3. The third-order valence-corrected chi connectivity index (χ3v) is 2.32. The van der Waals surface area contributed by atoms with E-state index in [2.05, 4.69) is 4.84 Å². The van der Waals surface area contributed by atoms with Gasteiger partial charge in [0.05, 0.1) is 12.0 Å². The number of ether oxygens (including phenoxy) is 1. The predicted octanol–water partition coefficient (Wildman–Crippen LogP) is 0.409. The van der Waals surface area contributed by atoms with E-state index < -0.39 is 23.4 Å². The van der Waals surface area contributed by atoms with Crippen molar-refractivity contribution in [3.05, 3.63) is 0 Å². The molecular formula is C10H15NO5. The van der Waals surface area contributed by atoms with Gasteiger partial charge >= 0.3 is 5.97 Å². The van der Waals surface area contributed by atoms with Gasteiger partial charge in [0.15, 0.2) is 0 Å². The van der Waals surface area contributed by atoms with E-state index in [1.807, 2.05) is 0 Å². The van der Waals surface area contributed by atoms with Crippen LogP contribution in [0.3, 0.4) is 0 Å². The van der Waals surface area contributed by atoms with Crippen LogP contribution in [0.4, 0.5) is 0 Å². The summed E-state index contributed by atoms with van der Waals surface area (Å²) in [6.07, 6.45) is 0.167. The smallest absolute Gasteiger partial charge is 0.336 e. The fourth-order valence-corrected chi connectivity index (χ4v) is 1.21. The van der Waals surface area contributed by atoms with Crippen molar-refractivity contribution in [3.8, 4) is 0 Å². The van der Waals surface area contributed by atoms with Crippen molar-refractivity contribution < 1.29 is 24.0 Å². The number of carbonyl (C=O) groups is 3. The first kappa shape index (κ1) is 12.6. The van der Waals surface area contributed by atoms with E-state index >= 15 is 0 Å². The molecule has 0 aromatic heterocycles. The first-order valence-electron chi connectivity index (χ1n) is 4.97. The lowest BCUT2D eigenvalue weighted by Crippen LogP contribution is -2.35. The number of hydrogen-bond donors (Lipinski definition) is 0. The fraction of sp³-hybridized carbons (Fsp3) is 0.700. The van der Waals surface area contributed by atoms with Crippen molar-refractivity contribution in [1.82, 2.24) is 5.06 Å². The highest BCUT2D eigenvalue weighted by atomic mass is 16.7. The van der Waals surface area contributed by atoms with Gasteiger partial charge in [-0.1, -0.05) is 0 Å². The summed E-state index contributed by atoms with van der Waals surface area (Å²) in [4.78, 5) is 38.4. The Morgan fingerprint density at radius 3 is 2.25 bits per heavy atom. The lowest BCUT2D eigenvalue weighted by atomic mass is 10.1. The molecular weight excluding hydrogens is 214 g/mol. The molecule has 0 aliphatic carbocycles. The number of amides is 2. The summed E-state index contributed by atoms with van der Waals surface area (Å²) >= 11 is 0. The lowest BCUT2D eigenvalue weighted by molar-refractivity contribution is -0.200. The Bertz CT molecular complexity index is 307. The fourth-order valence-electron chi connectivity index (χ4n) is 1.21. The van der Waals surface area contributed by atoms with Crippen LogP contribution in [0.2, 0.25) is 0 Å². The van der Waals surface area contributed by atoms with Crippen LogP contribution in [0.1, 0.15) is 33.1 Å². The second kappa shape index (κ2) is 4.61. The first-order chi connectivity index (χ1) is 7.35. The van der Waals surface area contributed by atoms with E-state index in [1.54, 1.807) is 13.8 Å². The zero-order valence-electron chi connectivity index (χ0n) is 9.61. The predicted molar refractivity (Wildman–Crippen MR) is 52.9 cm³/mol. The molecule has 16 heavy (non-hydrogen) atoms. The normalized spacial score (nSPS) is 16.8. The Morgan fingerprint density at radius 2 is 1.81 bits per heavy atom. The van der Waals surface area contributed by atoms with Crippen molar-refractivity contribution in [2.75, 3.05) is 7.11 Å². The van der Waals surface area contributed by atoms with Crippen LogP contribution in [-0.4, -0.2) is 35.6 Å². The standard InChI is InChI=1S/C10H15NO5/c1-10(2,15-3)6-9(14)16-11-7(12)4-5-8(11)13/h4-6H2,1-3H3. The molecule has 0 unspecified atom stereocenters. The number of methoxy groups -OCH3 is 1. The third kappa shape index (κ3) is 3.03. The highest BCUT2D eigenvalue weighted by Crippen LogP contribution is 2.17. The summed E-state index contributed by atoms with van der Waals surface area (Å²) in [5.74, 6) is -1.61. The summed E-state index contributed by atoms with van der Waals surface area (Å²) in [5.41, 5.74) is -0.678. The average molecular weight is 229 g/mol. The SMILES string of the molecule is COC(C)(C)CC(=O)ON1C(=O)CCC1=O. The van der Waals surface area contributed by atoms with Gasteiger partial charge in [-0.25, -0.2) is 4.79 Å². The number of nitrogens with zero attached hydrogens (tertiary/aromatic N) is 1. The Balaban J connectivity index is 2.52. The van der Waals surface area contributed by atoms with Gasteiger partial charge in [0, 0.05) is 20.0 Å². The van der Waals surface area contributed by atoms with E-state index in [4.69, 9.17) is 4.74 Å². The Morgan fingerprint density at radius 1 is 1.31 bits per heavy atom. The molecule has 0 N–H and O–H groups in total. The Hall–Kier alpha value is -1.43. The van der Waals surface area contributed by atoms with Crippen LogP contribution >= 0.6 is 0 Å². The molecule has 0 radical (unpaired) electrons. The van der Waals surface area contributed by atoms with E-state index in [-0.39, 0.29) is 19.3 Å². The van der Waals surface area contributed by atoms with E-state index in [9.17, 15) is 14.4 Å². The number of rotatable bonds is 4. The van der Waals surface area contributed by atoms with Gasteiger partial charge < -0.3 is 9.57 Å². The molecule has 90 valence electrons. The number of hydrogen-bond acceptors (Lipinski definition) is 5. The molecule has 0 aromatic rings. The second-order valence-corrected chi connectivity index (χ2v) is 4.19. The van der Waals surface area contributed by atoms with E-state index in [0.717, 1.165) is 0 Å². The average Bonchev–Trinajstić information content (AvgIpc) is 2.49. The maximum Gasteiger partial charge on any atom is 0.336 e. The molecule has 0 saturated carbocycles. The van der Waals surface area contributed by atoms with Gasteiger partial charge in [-0.3, -0.25) is 9.59 Å². The number of hydroxylamine groups is 2. The molecule has 1 rings (SSSR count). The van der Waals surface area contributed by atoms with Crippen molar-refractivity contribution >= 4 is 17.8 Å². The quantitative estimate of drug-likeness (QED) is 0.653. The molecule has 0 bridgehead atoms. The van der Waals surface area contributed by atoms with Crippen molar-refractivity contribution in [3.63, 3.8) is 0 Å². The lowest BCUT2D eigenvalue weighted by Gasteiger charge is -2.22. The summed E-state index contributed by atoms with van der Waals surface area (Å²) in [6, 6.07) is 0. The monoisotopic (exact) mass is 229 g/mol. The molecule has 1 fully saturated rings. The summed E-state index contributed by atoms with van der Waals surface area (Å²) in [7, 11) is 1.47. The molecule has 1 saturated heterocycles. The topological polar surface area (TPSA) is 72.9 Å². The van der Waals surface area contributed by atoms with E-state index in [0.29, 0.717) is 5.06 Å². The zero-order chi connectivity index (χ0) is 12.3. The van der Waals surface area contributed by atoms with Crippen LogP contribution in [-0.2, 0) is 24.0 Å². The minimum absolute atomic E-state index is 0.0272. The number of imide groups is 1. The highest BCUT2D eigenvalue weighted by Gasteiger charge is 2.34. The molecule has 6 nitrogen and oxygen atoms in total. The molecule has 0 atom stereocenters. The molecule has 1 aliphatic heterocycles. The van der Waals surface area contributed by atoms with Gasteiger partial charge in [-0.15, -0.1) is 5.06 Å². The van der Waals surface area contributed by atoms with Crippen molar-refractivity contribution in [1.29, 1.82) is 0 Å². The molecule has 0 aromatic carbocycles. The minimum Gasteiger partial charge on any atom is -0.378 e. The summed E-state index contributed by atoms with van der Waals surface area (Å²) in [5, 5.41) is 0.536. The second-order valence-electron chi connectivity index (χ2n) is 4.19. The highest BCUT2D eigenvalue weighted by molar-refractivity contribution is 6.01. The maximum absolute atomic E-state index is 11.4. The van der Waals surface area contributed by atoms with Crippen LogP contribution in [0.15, 0.2) is 0 Å². The van der Waals surface area contributed by atoms with E-state index in [1.165, 1.54) is 7.11 Å². The molecule has 1 heterocycles. The largest absolute Gasteiger partial charge is 0.378 e. The molecule has 6 heteroatoms. The van der Waals surface area contributed by atoms with Crippen LogP contribution < -0.4 is 0 Å². The van der Waals surface area contributed by atoms with Crippen LogP contribution in [0.25, 0.3) is 0 Å². The van der Waals surface area contributed by atoms with Gasteiger partial charge in [-0.05, 0) is 13.8 Å². The maximum atomic E-state index is 11.4. The van der Waals surface area contributed by atoms with Gasteiger partial charge in [0.1, 0.15) is 0 Å². The first-order valence-corrected chi connectivity index (χ1v) is 4.97. The van der Waals surface area contributed by atoms with Crippen LogP contribution in [0.5, 0.6) is 0 Å². The Labute approximate surface area is 93.4 Å². The molecule has 1 aliphatic rings. The zero-order valence-corrected chi connectivity index (χ0v) is 9.61. The summed E-state index contributed by atoms with van der Waals surface area (Å²) < 4.78 is 5.04.